The third-order valence-electron chi connectivity index (χ3n) is 2.77. The fraction of sp³-hybridized carbons (Fsp3) is 0.154. The molecule has 1 unspecified atom stereocenters. The molecule has 0 amide bonds. The standard InChI is InChI=1S/C13H11BrF2N2/c1-13(17,11-6-5-8(15)7-18-11)9-3-2-4-10(14)12(9)16/h2-7H,17H2,1H3. The summed E-state index contributed by atoms with van der Waals surface area (Å²) in [6.45, 7) is 1.64. The van der Waals surface area contributed by atoms with Gasteiger partial charge in [0.15, 0.2) is 0 Å². The van der Waals surface area contributed by atoms with Gasteiger partial charge in [-0.2, -0.15) is 0 Å². The molecular weight excluding hydrogens is 302 g/mol. The van der Waals surface area contributed by atoms with Crippen molar-refractivity contribution in [1.29, 1.82) is 0 Å². The van der Waals surface area contributed by atoms with Crippen LogP contribution in [0.3, 0.4) is 0 Å². The molecule has 94 valence electrons. The van der Waals surface area contributed by atoms with Gasteiger partial charge in [-0.25, -0.2) is 8.78 Å². The Morgan fingerprint density at radius 3 is 2.56 bits per heavy atom. The van der Waals surface area contributed by atoms with Gasteiger partial charge in [-0.1, -0.05) is 12.1 Å². The first-order valence-electron chi connectivity index (χ1n) is 5.28. The zero-order valence-electron chi connectivity index (χ0n) is 9.62. The number of halogens is 3. The third kappa shape index (κ3) is 2.28. The second kappa shape index (κ2) is 4.74. The van der Waals surface area contributed by atoms with Crippen LogP contribution in [0.1, 0.15) is 18.2 Å². The predicted octanol–water partition coefficient (Wildman–Crippen LogP) is 3.34. The molecular formula is C13H11BrF2N2. The lowest BCUT2D eigenvalue weighted by Gasteiger charge is -2.25. The van der Waals surface area contributed by atoms with Crippen LogP contribution in [0.25, 0.3) is 0 Å². The number of hydrogen-bond acceptors (Lipinski definition) is 2. The fourth-order valence-corrected chi connectivity index (χ4v) is 2.09. The average molecular weight is 313 g/mol. The highest BCUT2D eigenvalue weighted by Crippen LogP contribution is 2.30. The number of nitrogens with two attached hydrogens (primary N) is 1. The Bertz CT molecular complexity index is 568. The highest BCUT2D eigenvalue weighted by molar-refractivity contribution is 9.10. The molecule has 1 aromatic heterocycles. The van der Waals surface area contributed by atoms with Crippen LogP contribution < -0.4 is 5.73 Å². The van der Waals surface area contributed by atoms with E-state index in [9.17, 15) is 8.78 Å². The SMILES string of the molecule is CC(N)(c1ccc(F)cn1)c1cccc(Br)c1F. The molecule has 0 aliphatic heterocycles. The lowest BCUT2D eigenvalue weighted by molar-refractivity contribution is 0.513. The Kier molecular flexibility index (Phi) is 3.45. The summed E-state index contributed by atoms with van der Waals surface area (Å²) < 4.78 is 27.2. The molecule has 0 bridgehead atoms. The smallest absolute Gasteiger partial charge is 0.142 e. The van der Waals surface area contributed by atoms with Crippen LogP contribution in [0, 0.1) is 11.6 Å². The predicted molar refractivity (Wildman–Crippen MR) is 68.9 cm³/mol. The van der Waals surface area contributed by atoms with Crippen LogP contribution in [0.15, 0.2) is 41.0 Å². The van der Waals surface area contributed by atoms with Crippen LogP contribution in [-0.4, -0.2) is 4.98 Å². The van der Waals surface area contributed by atoms with Gasteiger partial charge in [-0.15, -0.1) is 0 Å². The number of benzene rings is 1. The van der Waals surface area contributed by atoms with Crippen molar-refractivity contribution in [3.8, 4) is 0 Å². The summed E-state index contributed by atoms with van der Waals surface area (Å²) in [6.07, 6.45) is 1.07. The van der Waals surface area contributed by atoms with E-state index >= 15 is 0 Å². The van der Waals surface area contributed by atoms with Gasteiger partial charge in [0.05, 0.1) is 21.9 Å². The summed E-state index contributed by atoms with van der Waals surface area (Å²) in [5, 5.41) is 0. The van der Waals surface area contributed by atoms with Gasteiger partial charge in [0, 0.05) is 5.56 Å². The molecule has 2 N–H and O–H groups in total. The summed E-state index contributed by atoms with van der Waals surface area (Å²) >= 11 is 3.11. The van der Waals surface area contributed by atoms with E-state index in [1.54, 1.807) is 25.1 Å². The van der Waals surface area contributed by atoms with Gasteiger partial charge in [0.25, 0.3) is 0 Å². The van der Waals surface area contributed by atoms with Crippen LogP contribution in [0.5, 0.6) is 0 Å². The van der Waals surface area contributed by atoms with E-state index in [-0.39, 0.29) is 0 Å². The Morgan fingerprint density at radius 1 is 1.22 bits per heavy atom. The van der Waals surface area contributed by atoms with Crippen molar-refractivity contribution in [3.63, 3.8) is 0 Å². The molecule has 0 saturated carbocycles. The summed E-state index contributed by atoms with van der Waals surface area (Å²) in [5.74, 6) is -0.891. The van der Waals surface area contributed by atoms with Gasteiger partial charge in [0.2, 0.25) is 0 Å². The van der Waals surface area contributed by atoms with E-state index in [4.69, 9.17) is 5.73 Å². The van der Waals surface area contributed by atoms with Gasteiger partial charge < -0.3 is 5.73 Å². The average Bonchev–Trinajstić information content (AvgIpc) is 2.33. The van der Waals surface area contributed by atoms with Crippen molar-refractivity contribution in [2.45, 2.75) is 12.5 Å². The molecule has 0 radical (unpaired) electrons. The van der Waals surface area contributed by atoms with E-state index < -0.39 is 17.2 Å². The van der Waals surface area contributed by atoms with Gasteiger partial charge in [-0.3, -0.25) is 4.98 Å². The molecule has 5 heteroatoms. The van der Waals surface area contributed by atoms with Crippen LogP contribution in [0.2, 0.25) is 0 Å². The molecule has 2 nitrogen and oxygen atoms in total. The Morgan fingerprint density at radius 2 is 1.94 bits per heavy atom. The minimum absolute atomic E-state index is 0.302. The first kappa shape index (κ1) is 13.1. The molecule has 1 atom stereocenters. The van der Waals surface area contributed by atoms with Crippen molar-refractivity contribution in [2.75, 3.05) is 0 Å². The minimum Gasteiger partial charge on any atom is -0.317 e. The van der Waals surface area contributed by atoms with E-state index in [0.29, 0.717) is 15.7 Å². The summed E-state index contributed by atoms with van der Waals surface area (Å²) in [4.78, 5) is 3.92. The molecule has 0 saturated heterocycles. The van der Waals surface area contributed by atoms with Crippen LogP contribution in [0.4, 0.5) is 8.78 Å². The maximum Gasteiger partial charge on any atom is 0.142 e. The molecule has 0 spiro atoms. The van der Waals surface area contributed by atoms with Crippen molar-refractivity contribution in [2.24, 2.45) is 5.73 Å². The molecule has 0 fully saturated rings. The van der Waals surface area contributed by atoms with Crippen molar-refractivity contribution >= 4 is 15.9 Å². The second-order valence-corrected chi connectivity index (χ2v) is 5.02. The maximum atomic E-state index is 14.0. The van der Waals surface area contributed by atoms with E-state index in [0.717, 1.165) is 6.20 Å². The number of aromatic nitrogens is 1. The molecule has 1 heterocycles. The van der Waals surface area contributed by atoms with Crippen molar-refractivity contribution < 1.29 is 8.78 Å². The number of nitrogens with zero attached hydrogens (tertiary/aromatic N) is 1. The zero-order chi connectivity index (χ0) is 13.3. The molecule has 0 aliphatic carbocycles. The second-order valence-electron chi connectivity index (χ2n) is 4.17. The molecule has 1 aromatic carbocycles. The Labute approximate surface area is 112 Å². The normalized spacial score (nSPS) is 14.3. The molecule has 18 heavy (non-hydrogen) atoms. The first-order valence-corrected chi connectivity index (χ1v) is 6.07. The van der Waals surface area contributed by atoms with Crippen molar-refractivity contribution in [1.82, 2.24) is 4.98 Å². The summed E-state index contributed by atoms with van der Waals surface area (Å²) in [6, 6.07) is 7.58. The number of hydrogen-bond donors (Lipinski definition) is 1. The Hall–Kier alpha value is -1.33. The number of rotatable bonds is 2. The molecule has 2 rings (SSSR count). The van der Waals surface area contributed by atoms with Gasteiger partial charge in [0.1, 0.15) is 11.6 Å². The lowest BCUT2D eigenvalue weighted by Crippen LogP contribution is -2.36. The molecule has 0 aliphatic rings. The van der Waals surface area contributed by atoms with E-state index in [1.165, 1.54) is 12.1 Å². The topological polar surface area (TPSA) is 38.9 Å². The van der Waals surface area contributed by atoms with Crippen LogP contribution >= 0.6 is 15.9 Å². The molecule has 2 aromatic rings. The van der Waals surface area contributed by atoms with E-state index in [2.05, 4.69) is 20.9 Å². The Balaban J connectivity index is 2.54. The quantitative estimate of drug-likeness (QED) is 0.923. The summed E-state index contributed by atoms with van der Waals surface area (Å²) in [7, 11) is 0. The van der Waals surface area contributed by atoms with E-state index in [1.807, 2.05) is 0 Å². The maximum absolute atomic E-state index is 14.0. The highest BCUT2D eigenvalue weighted by atomic mass is 79.9. The monoisotopic (exact) mass is 312 g/mol. The van der Waals surface area contributed by atoms with Gasteiger partial charge in [-0.05, 0) is 41.1 Å². The minimum atomic E-state index is -1.12. The fourth-order valence-electron chi connectivity index (χ4n) is 1.73. The summed E-state index contributed by atoms with van der Waals surface area (Å²) in [5.41, 5.74) is 5.72. The highest BCUT2D eigenvalue weighted by Gasteiger charge is 2.29. The van der Waals surface area contributed by atoms with Gasteiger partial charge >= 0.3 is 0 Å². The lowest BCUT2D eigenvalue weighted by atomic mass is 9.89. The first-order chi connectivity index (χ1) is 8.43. The zero-order valence-corrected chi connectivity index (χ0v) is 11.2. The number of pyridine rings is 1. The van der Waals surface area contributed by atoms with Crippen LogP contribution in [-0.2, 0) is 5.54 Å². The largest absolute Gasteiger partial charge is 0.317 e. The van der Waals surface area contributed by atoms with Crippen molar-refractivity contribution in [3.05, 3.63) is 63.9 Å². The third-order valence-corrected chi connectivity index (χ3v) is 3.38.